The molecule has 0 aromatic heterocycles. The predicted octanol–water partition coefficient (Wildman–Crippen LogP) is 2.68. The molecular weight excluding hydrogens is 362 g/mol. The van der Waals surface area contributed by atoms with E-state index in [1.807, 2.05) is 0 Å². The molecule has 1 amide bonds. The van der Waals surface area contributed by atoms with Gasteiger partial charge in [0.25, 0.3) is 5.91 Å². The predicted molar refractivity (Wildman–Crippen MR) is 88.9 cm³/mol. The van der Waals surface area contributed by atoms with Gasteiger partial charge in [-0.1, -0.05) is 22.0 Å². The summed E-state index contributed by atoms with van der Waals surface area (Å²) in [6.45, 7) is 1.14. The smallest absolute Gasteiger partial charge is 0.251 e. The molecule has 0 fully saturated rings. The van der Waals surface area contributed by atoms with Crippen LogP contribution in [0.2, 0.25) is 0 Å². The van der Waals surface area contributed by atoms with Crippen LogP contribution in [-0.2, 0) is 0 Å². The van der Waals surface area contributed by atoms with Crippen LogP contribution in [0.15, 0.2) is 46.9 Å². The summed E-state index contributed by atoms with van der Waals surface area (Å²) < 4.78 is 11.8. The van der Waals surface area contributed by atoms with Gasteiger partial charge in [-0.3, -0.25) is 4.79 Å². The zero-order chi connectivity index (χ0) is 16.2. The highest BCUT2D eigenvalue weighted by atomic mass is 79.9. The van der Waals surface area contributed by atoms with Gasteiger partial charge in [-0.2, -0.15) is 0 Å². The molecule has 120 valence electrons. The zero-order valence-corrected chi connectivity index (χ0v) is 13.9. The normalized spacial score (nSPS) is 14.2. The first kappa shape index (κ1) is 15.8. The molecule has 0 radical (unpaired) electrons. The lowest BCUT2D eigenvalue weighted by Crippen LogP contribution is -2.28. The van der Waals surface area contributed by atoms with Crippen LogP contribution in [0.1, 0.15) is 22.0 Å². The maximum Gasteiger partial charge on any atom is 0.251 e. The molecule has 23 heavy (non-hydrogen) atoms. The number of aliphatic hydroxyl groups is 1. The Labute approximate surface area is 142 Å². The molecule has 2 N–H and O–H groups in total. The van der Waals surface area contributed by atoms with Gasteiger partial charge >= 0.3 is 0 Å². The molecule has 1 aliphatic heterocycles. The topological polar surface area (TPSA) is 67.8 Å². The first-order chi connectivity index (χ1) is 11.1. The summed E-state index contributed by atoms with van der Waals surface area (Å²) in [5.74, 6) is 1.06. The molecule has 1 heterocycles. The second kappa shape index (κ2) is 7.02. The Bertz CT molecular complexity index is 702. The van der Waals surface area contributed by atoms with E-state index in [0.717, 1.165) is 4.47 Å². The fraction of sp³-hybridized carbons (Fsp3) is 0.235. The molecule has 6 heteroatoms. The minimum absolute atomic E-state index is 0.120. The average Bonchev–Trinajstić information content (AvgIpc) is 2.59. The van der Waals surface area contributed by atoms with Crippen LogP contribution in [0.4, 0.5) is 0 Å². The van der Waals surface area contributed by atoms with Gasteiger partial charge in [-0.25, -0.2) is 0 Å². The van der Waals surface area contributed by atoms with Gasteiger partial charge in [0, 0.05) is 16.6 Å². The molecule has 0 saturated heterocycles. The highest BCUT2D eigenvalue weighted by molar-refractivity contribution is 9.10. The van der Waals surface area contributed by atoms with Crippen LogP contribution in [0.3, 0.4) is 0 Å². The maximum atomic E-state index is 12.0. The Morgan fingerprint density at radius 1 is 1.13 bits per heavy atom. The Balaban J connectivity index is 1.61. The average molecular weight is 378 g/mol. The molecule has 2 aromatic rings. The lowest BCUT2D eigenvalue weighted by molar-refractivity contribution is 0.0916. The van der Waals surface area contributed by atoms with E-state index >= 15 is 0 Å². The van der Waals surface area contributed by atoms with Crippen LogP contribution in [0, 0.1) is 0 Å². The third-order valence-electron chi connectivity index (χ3n) is 3.51. The molecule has 1 aliphatic rings. The van der Waals surface area contributed by atoms with Crippen LogP contribution in [0.5, 0.6) is 11.5 Å². The van der Waals surface area contributed by atoms with E-state index in [1.165, 1.54) is 0 Å². The lowest BCUT2D eigenvalue weighted by Gasteiger charge is -2.20. The molecule has 1 atom stereocenters. The standard InChI is InChI=1S/C17H16BrNO4/c18-13-4-1-11(2-5-13)17(21)19-10-14(20)12-3-6-15-16(9-12)23-8-7-22-15/h1-6,9,14,20H,7-8,10H2,(H,19,21). The van der Waals surface area contributed by atoms with Crippen LogP contribution >= 0.6 is 15.9 Å². The zero-order valence-electron chi connectivity index (χ0n) is 12.3. The van der Waals surface area contributed by atoms with Crippen LogP contribution in [0.25, 0.3) is 0 Å². The van der Waals surface area contributed by atoms with Gasteiger partial charge in [-0.05, 0) is 42.0 Å². The Morgan fingerprint density at radius 3 is 2.57 bits per heavy atom. The van der Waals surface area contributed by atoms with Crippen molar-refractivity contribution in [3.8, 4) is 11.5 Å². The Hall–Kier alpha value is -2.05. The monoisotopic (exact) mass is 377 g/mol. The first-order valence-electron chi connectivity index (χ1n) is 7.25. The minimum atomic E-state index is -0.815. The molecule has 5 nitrogen and oxygen atoms in total. The van der Waals surface area contributed by atoms with E-state index in [-0.39, 0.29) is 12.5 Å². The van der Waals surface area contributed by atoms with Crippen molar-refractivity contribution in [3.05, 3.63) is 58.1 Å². The van der Waals surface area contributed by atoms with Gasteiger partial charge in [0.2, 0.25) is 0 Å². The van der Waals surface area contributed by atoms with Crippen molar-refractivity contribution in [1.29, 1.82) is 0 Å². The highest BCUT2D eigenvalue weighted by Gasteiger charge is 2.16. The molecular formula is C17H16BrNO4. The Kier molecular flexibility index (Phi) is 4.83. The van der Waals surface area contributed by atoms with Crippen molar-refractivity contribution in [1.82, 2.24) is 5.32 Å². The third-order valence-corrected chi connectivity index (χ3v) is 4.04. The number of nitrogens with one attached hydrogen (secondary N) is 1. The number of hydrogen-bond donors (Lipinski definition) is 2. The number of hydrogen-bond acceptors (Lipinski definition) is 4. The van der Waals surface area contributed by atoms with Gasteiger partial charge < -0.3 is 19.9 Å². The van der Waals surface area contributed by atoms with E-state index in [4.69, 9.17) is 9.47 Å². The summed E-state index contributed by atoms with van der Waals surface area (Å²) in [5, 5.41) is 13.0. The summed E-state index contributed by atoms with van der Waals surface area (Å²) in [4.78, 5) is 12.0. The highest BCUT2D eigenvalue weighted by Crippen LogP contribution is 2.32. The van der Waals surface area contributed by atoms with Crippen molar-refractivity contribution in [2.24, 2.45) is 0 Å². The van der Waals surface area contributed by atoms with E-state index in [0.29, 0.717) is 35.8 Å². The molecule has 0 aliphatic carbocycles. The summed E-state index contributed by atoms with van der Waals surface area (Å²) >= 11 is 3.32. The molecule has 0 spiro atoms. The van der Waals surface area contributed by atoms with E-state index < -0.39 is 6.10 Å². The number of benzene rings is 2. The molecule has 3 rings (SSSR count). The number of amides is 1. The number of ether oxygens (including phenoxy) is 2. The van der Waals surface area contributed by atoms with Gasteiger partial charge in [0.15, 0.2) is 11.5 Å². The SMILES string of the molecule is O=C(NCC(O)c1ccc2c(c1)OCCO2)c1ccc(Br)cc1. The number of fused-ring (bicyclic) bond motifs is 1. The van der Waals surface area contributed by atoms with Crippen molar-refractivity contribution in [3.63, 3.8) is 0 Å². The summed E-state index contributed by atoms with van der Waals surface area (Å²) in [6.07, 6.45) is -0.815. The van der Waals surface area contributed by atoms with E-state index in [9.17, 15) is 9.90 Å². The van der Waals surface area contributed by atoms with Crippen molar-refractivity contribution >= 4 is 21.8 Å². The number of rotatable bonds is 4. The summed E-state index contributed by atoms with van der Waals surface area (Å²) in [6, 6.07) is 12.3. The van der Waals surface area contributed by atoms with Gasteiger partial charge in [-0.15, -0.1) is 0 Å². The number of carbonyl (C=O) groups is 1. The van der Waals surface area contributed by atoms with Crippen molar-refractivity contribution < 1.29 is 19.4 Å². The largest absolute Gasteiger partial charge is 0.486 e. The number of halogens is 1. The third kappa shape index (κ3) is 3.83. The summed E-state index contributed by atoms with van der Waals surface area (Å²) in [7, 11) is 0. The lowest BCUT2D eigenvalue weighted by atomic mass is 10.1. The number of carbonyl (C=O) groups excluding carboxylic acids is 1. The quantitative estimate of drug-likeness (QED) is 0.859. The molecule has 0 saturated carbocycles. The molecule has 2 aromatic carbocycles. The van der Waals surface area contributed by atoms with Gasteiger partial charge in [0.1, 0.15) is 13.2 Å². The van der Waals surface area contributed by atoms with Crippen LogP contribution in [-0.4, -0.2) is 30.8 Å². The summed E-state index contributed by atoms with van der Waals surface area (Å²) in [5.41, 5.74) is 1.22. The number of aliphatic hydroxyl groups excluding tert-OH is 1. The van der Waals surface area contributed by atoms with Crippen molar-refractivity contribution in [2.45, 2.75) is 6.10 Å². The Morgan fingerprint density at radius 2 is 1.83 bits per heavy atom. The van der Waals surface area contributed by atoms with E-state index in [1.54, 1.807) is 42.5 Å². The minimum Gasteiger partial charge on any atom is -0.486 e. The molecule has 1 unspecified atom stereocenters. The maximum absolute atomic E-state index is 12.0. The van der Waals surface area contributed by atoms with Gasteiger partial charge in [0.05, 0.1) is 6.10 Å². The molecule has 0 bridgehead atoms. The second-order valence-corrected chi connectivity index (χ2v) is 6.05. The first-order valence-corrected chi connectivity index (χ1v) is 8.04. The second-order valence-electron chi connectivity index (χ2n) is 5.14. The van der Waals surface area contributed by atoms with Crippen LogP contribution < -0.4 is 14.8 Å². The fourth-order valence-corrected chi connectivity index (χ4v) is 2.54. The fourth-order valence-electron chi connectivity index (χ4n) is 2.28. The van der Waals surface area contributed by atoms with E-state index in [2.05, 4.69) is 21.2 Å². The van der Waals surface area contributed by atoms with Crippen molar-refractivity contribution in [2.75, 3.05) is 19.8 Å².